The molecule has 54 heavy (non-hydrogen) atoms. The highest BCUT2D eigenvalue weighted by Crippen LogP contribution is 2.34. The van der Waals surface area contributed by atoms with Gasteiger partial charge in [0.1, 0.15) is 30.8 Å². The van der Waals surface area contributed by atoms with Gasteiger partial charge in [0.25, 0.3) is 0 Å². The molecule has 2 aromatic heterocycles. The van der Waals surface area contributed by atoms with Gasteiger partial charge in [0, 0.05) is 49.0 Å². The second kappa shape index (κ2) is 18.8. The Balaban J connectivity index is 0.00000136. The lowest BCUT2D eigenvalue weighted by atomic mass is 9.89. The van der Waals surface area contributed by atoms with E-state index in [-0.39, 0.29) is 17.6 Å². The third kappa shape index (κ3) is 9.03. The molecule has 0 bridgehead atoms. The molecule has 1 saturated heterocycles. The Morgan fingerprint density at radius 3 is 1.98 bits per heavy atom. The van der Waals surface area contributed by atoms with E-state index in [9.17, 15) is 9.59 Å². The fourth-order valence-corrected chi connectivity index (χ4v) is 6.47. The molecule has 3 aromatic carbocycles. The van der Waals surface area contributed by atoms with Crippen molar-refractivity contribution in [2.24, 2.45) is 5.92 Å². The number of nitrogens with zero attached hydrogens (tertiary/aromatic N) is 8. The van der Waals surface area contributed by atoms with Crippen molar-refractivity contribution in [1.29, 1.82) is 0 Å². The third-order valence-electron chi connectivity index (χ3n) is 9.71. The van der Waals surface area contributed by atoms with Crippen molar-refractivity contribution in [1.82, 2.24) is 29.3 Å². The summed E-state index contributed by atoms with van der Waals surface area (Å²) in [6.45, 7) is 15.0. The van der Waals surface area contributed by atoms with Gasteiger partial charge >= 0.3 is 5.69 Å². The molecule has 284 valence electrons. The number of aldehydes is 1. The molecule has 1 fully saturated rings. The number of ether oxygens (including phenoxy) is 2. The van der Waals surface area contributed by atoms with Crippen LogP contribution in [0.15, 0.2) is 108 Å². The first-order valence-electron chi connectivity index (χ1n) is 18.5. The van der Waals surface area contributed by atoms with Crippen molar-refractivity contribution in [2.75, 3.05) is 49.2 Å². The van der Waals surface area contributed by atoms with Crippen LogP contribution in [0.5, 0.6) is 5.75 Å². The Labute approximate surface area is 316 Å². The van der Waals surface area contributed by atoms with Crippen LogP contribution in [0.1, 0.15) is 56.1 Å². The summed E-state index contributed by atoms with van der Waals surface area (Å²) < 4.78 is 15.8. The van der Waals surface area contributed by atoms with E-state index in [0.717, 1.165) is 61.6 Å². The number of benzene rings is 3. The fraction of sp³-hybridized carbons (Fsp3) is 0.366. The van der Waals surface area contributed by atoms with Gasteiger partial charge in [0.05, 0.1) is 43.9 Å². The zero-order chi connectivity index (χ0) is 38.5. The van der Waals surface area contributed by atoms with Crippen LogP contribution < -0.4 is 20.2 Å². The van der Waals surface area contributed by atoms with E-state index in [1.165, 1.54) is 5.69 Å². The number of carbonyl (C=O) groups is 2. The van der Waals surface area contributed by atoms with Crippen molar-refractivity contribution in [3.8, 4) is 11.4 Å². The van der Waals surface area contributed by atoms with Gasteiger partial charge in [-0.2, -0.15) is 20.1 Å². The minimum atomic E-state index is -0.745. The van der Waals surface area contributed by atoms with Crippen LogP contribution in [0.2, 0.25) is 0 Å². The average molecular weight is 735 g/mol. The number of aromatic nitrogens is 6. The second-order valence-electron chi connectivity index (χ2n) is 12.9. The highest BCUT2D eigenvalue weighted by Gasteiger charge is 2.36. The number of anilines is 2. The van der Waals surface area contributed by atoms with Gasteiger partial charge < -0.3 is 24.1 Å². The summed E-state index contributed by atoms with van der Waals surface area (Å²) >= 11 is 0. The maximum absolute atomic E-state index is 12.8. The van der Waals surface area contributed by atoms with E-state index in [1.807, 2.05) is 64.0 Å². The molecular formula is C41H50N8O5. The van der Waals surface area contributed by atoms with Gasteiger partial charge in [-0.1, -0.05) is 51.1 Å². The van der Waals surface area contributed by atoms with Crippen LogP contribution >= 0.6 is 0 Å². The largest absolute Gasteiger partial charge is 0.493 e. The average Bonchev–Trinajstić information content (AvgIpc) is 3.91. The molecule has 2 aliphatic heterocycles. The Kier molecular flexibility index (Phi) is 13.7. The highest BCUT2D eigenvalue weighted by atomic mass is 16.5. The molecule has 0 aliphatic carbocycles. The van der Waals surface area contributed by atoms with Gasteiger partial charge in [0.15, 0.2) is 0 Å². The molecule has 0 saturated carbocycles. The van der Waals surface area contributed by atoms with Gasteiger partial charge in [0.2, 0.25) is 0 Å². The summed E-state index contributed by atoms with van der Waals surface area (Å²) in [6, 6.07) is 23.9. The number of piperazine rings is 1. The Hall–Kier alpha value is -5.82. The summed E-state index contributed by atoms with van der Waals surface area (Å²) in [5.41, 5.74) is 3.83. The number of hydrogen-bond donors (Lipinski definition) is 0. The maximum atomic E-state index is 12.8. The summed E-state index contributed by atoms with van der Waals surface area (Å²) in [5, 5.41) is 12.9. The standard InChI is InChI=1S/C38H42N8O4.C2H6.CH2O/c1-3-29(2)46-37(48)44(28-41-46)35-10-8-33(9-11-35)42-20-22-43(23-21-42)34-12-14-36(15-13-34)49-25-31-16-17-38(50-26-31,27-45-39-18-19-40-45)32-6-4-30(24-47)5-7-32;2*1-2/h4-19,24,28-29,31H,3,20-23,25-27H2,1-2H3;1-2H3;1H2. The normalized spacial score (nSPS) is 18.5. The van der Waals surface area contributed by atoms with Crippen LogP contribution in [0.25, 0.3) is 5.69 Å². The number of carbonyl (C=O) groups excluding carboxylic acids is 2. The number of rotatable bonds is 12. The highest BCUT2D eigenvalue weighted by molar-refractivity contribution is 5.74. The second-order valence-corrected chi connectivity index (χ2v) is 12.9. The smallest absolute Gasteiger partial charge is 0.350 e. The van der Waals surface area contributed by atoms with E-state index < -0.39 is 5.60 Å². The first kappa shape index (κ1) is 39.4. The van der Waals surface area contributed by atoms with Crippen LogP contribution in [0.4, 0.5) is 11.4 Å². The predicted molar refractivity (Wildman–Crippen MR) is 210 cm³/mol. The lowest BCUT2D eigenvalue weighted by Crippen LogP contribution is -2.46. The summed E-state index contributed by atoms with van der Waals surface area (Å²) in [6.07, 6.45) is 10.8. The fourth-order valence-electron chi connectivity index (χ4n) is 6.47. The lowest BCUT2D eigenvalue weighted by molar-refractivity contribution is -0.0980. The van der Waals surface area contributed by atoms with Gasteiger partial charge in [-0.25, -0.2) is 14.0 Å². The monoisotopic (exact) mass is 734 g/mol. The van der Waals surface area contributed by atoms with Gasteiger partial charge in [-0.05, 0) is 73.5 Å². The van der Waals surface area contributed by atoms with E-state index in [4.69, 9.17) is 14.3 Å². The zero-order valence-corrected chi connectivity index (χ0v) is 31.5. The summed E-state index contributed by atoms with van der Waals surface area (Å²) in [7, 11) is 0. The van der Waals surface area contributed by atoms with Gasteiger partial charge in [-0.15, -0.1) is 0 Å². The molecule has 13 nitrogen and oxygen atoms in total. The molecule has 2 aliphatic rings. The van der Waals surface area contributed by atoms with E-state index in [2.05, 4.69) is 68.4 Å². The molecule has 7 rings (SSSR count). The maximum Gasteiger partial charge on any atom is 0.350 e. The molecule has 0 N–H and O–H groups in total. The Morgan fingerprint density at radius 1 is 0.870 bits per heavy atom. The molecule has 5 aromatic rings. The molecule has 3 atom stereocenters. The van der Waals surface area contributed by atoms with Gasteiger partial charge in [-0.3, -0.25) is 4.79 Å². The predicted octanol–water partition coefficient (Wildman–Crippen LogP) is 5.75. The lowest BCUT2D eigenvalue weighted by Gasteiger charge is -2.37. The number of hydrogen-bond acceptors (Lipinski definition) is 10. The SMILES string of the molecule is C=O.CC.CCC(C)n1ncn(-c2ccc(N3CCN(c4ccc(OCC5C=CC(Cn6nccn6)(c6ccc(C=O)cc6)OC5)cc4)CC3)cc2)c1=O. The molecular weight excluding hydrogens is 685 g/mol. The summed E-state index contributed by atoms with van der Waals surface area (Å²) in [4.78, 5) is 38.4. The molecule has 3 unspecified atom stereocenters. The topological polar surface area (TPSA) is 130 Å². The van der Waals surface area contributed by atoms with E-state index in [1.54, 1.807) is 44.9 Å². The quantitative estimate of drug-likeness (QED) is 0.115. The summed E-state index contributed by atoms with van der Waals surface area (Å²) in [5.74, 6) is 0.893. The molecule has 0 spiro atoms. The molecule has 0 amide bonds. The van der Waals surface area contributed by atoms with Crippen LogP contribution in [0.3, 0.4) is 0 Å². The molecule has 0 radical (unpaired) electrons. The molecule has 13 heteroatoms. The van der Waals surface area contributed by atoms with Crippen LogP contribution in [-0.4, -0.2) is 81.8 Å². The van der Waals surface area contributed by atoms with Crippen molar-refractivity contribution < 1.29 is 19.1 Å². The zero-order valence-electron chi connectivity index (χ0n) is 31.5. The first-order valence-corrected chi connectivity index (χ1v) is 18.5. The minimum absolute atomic E-state index is 0.0680. The first-order chi connectivity index (χ1) is 26.4. The van der Waals surface area contributed by atoms with Crippen molar-refractivity contribution in [3.63, 3.8) is 0 Å². The van der Waals surface area contributed by atoms with Crippen LogP contribution in [-0.2, 0) is 21.7 Å². The van der Waals surface area contributed by atoms with Crippen LogP contribution in [0, 0.1) is 5.92 Å². The molecule has 4 heterocycles. The third-order valence-corrected chi connectivity index (χ3v) is 9.71. The van der Waals surface area contributed by atoms with Crippen molar-refractivity contribution in [3.05, 3.63) is 125 Å². The Bertz CT molecular complexity index is 1970. The van der Waals surface area contributed by atoms with Crippen molar-refractivity contribution in [2.45, 2.75) is 52.3 Å². The minimum Gasteiger partial charge on any atom is -0.493 e. The van der Waals surface area contributed by atoms with E-state index in [0.29, 0.717) is 25.3 Å². The van der Waals surface area contributed by atoms with E-state index >= 15 is 0 Å². The Morgan fingerprint density at radius 2 is 1.44 bits per heavy atom. The van der Waals surface area contributed by atoms with Crippen molar-refractivity contribution >= 4 is 24.5 Å².